The Labute approximate surface area is 188 Å². The maximum Gasteiger partial charge on any atom is 0.277 e. The highest BCUT2D eigenvalue weighted by Gasteiger charge is 2.04. The number of aromatic amines is 1. The van der Waals surface area contributed by atoms with E-state index in [9.17, 15) is 4.79 Å². The second-order valence-electron chi connectivity index (χ2n) is 6.76. The van der Waals surface area contributed by atoms with Crippen molar-refractivity contribution in [2.75, 3.05) is 6.61 Å². The summed E-state index contributed by atoms with van der Waals surface area (Å²) >= 11 is 3.46. The lowest BCUT2D eigenvalue weighted by molar-refractivity contribution is -0.123. The number of hydrazone groups is 1. The number of carbonyl (C=O) groups is 1. The molecular formula is C24H20BrN3O3. The van der Waals surface area contributed by atoms with Gasteiger partial charge in [-0.25, -0.2) is 5.43 Å². The number of aromatic nitrogens is 1. The molecule has 1 aromatic heterocycles. The van der Waals surface area contributed by atoms with Crippen LogP contribution in [0.4, 0.5) is 0 Å². The van der Waals surface area contributed by atoms with Crippen LogP contribution in [0, 0.1) is 0 Å². The lowest BCUT2D eigenvalue weighted by Crippen LogP contribution is -2.24. The van der Waals surface area contributed by atoms with Gasteiger partial charge < -0.3 is 14.5 Å². The minimum atomic E-state index is -0.346. The molecule has 0 fully saturated rings. The van der Waals surface area contributed by atoms with Gasteiger partial charge in [0.15, 0.2) is 6.61 Å². The molecule has 0 aliphatic heterocycles. The number of nitrogens with one attached hydrogen (secondary N) is 2. The molecule has 1 amide bonds. The van der Waals surface area contributed by atoms with Gasteiger partial charge >= 0.3 is 0 Å². The van der Waals surface area contributed by atoms with Gasteiger partial charge in [-0.1, -0.05) is 46.3 Å². The van der Waals surface area contributed by atoms with E-state index in [0.717, 1.165) is 32.3 Å². The van der Waals surface area contributed by atoms with Crippen LogP contribution in [0.5, 0.6) is 11.5 Å². The highest BCUT2D eigenvalue weighted by molar-refractivity contribution is 9.10. The number of nitrogens with zero attached hydrogens (tertiary/aromatic N) is 1. The fourth-order valence-corrected chi connectivity index (χ4v) is 3.31. The van der Waals surface area contributed by atoms with Crippen molar-refractivity contribution < 1.29 is 14.3 Å². The zero-order valence-electron chi connectivity index (χ0n) is 16.5. The molecule has 1 heterocycles. The predicted octanol–water partition coefficient (Wildman–Crippen LogP) is 5.04. The molecule has 0 aliphatic carbocycles. The maximum atomic E-state index is 12.0. The first-order valence-electron chi connectivity index (χ1n) is 9.65. The molecule has 0 radical (unpaired) electrons. The van der Waals surface area contributed by atoms with Gasteiger partial charge in [0.05, 0.1) is 6.21 Å². The summed E-state index contributed by atoms with van der Waals surface area (Å²) in [5, 5.41) is 5.03. The second-order valence-corrected chi connectivity index (χ2v) is 7.68. The van der Waals surface area contributed by atoms with Crippen molar-refractivity contribution in [3.63, 3.8) is 0 Å². The SMILES string of the molecule is O=C(COc1ccc(OCc2ccccc2)cc1)N/N=C/c1c[nH]c2ccc(Br)cc12. The predicted molar refractivity (Wildman–Crippen MR) is 124 cm³/mol. The number of rotatable bonds is 8. The van der Waals surface area contributed by atoms with Crippen LogP contribution in [-0.2, 0) is 11.4 Å². The maximum absolute atomic E-state index is 12.0. The molecule has 0 aliphatic rings. The van der Waals surface area contributed by atoms with Gasteiger partial charge in [-0.15, -0.1) is 0 Å². The molecule has 0 bridgehead atoms. The first kappa shape index (κ1) is 20.7. The van der Waals surface area contributed by atoms with Crippen molar-refractivity contribution in [1.29, 1.82) is 0 Å². The Morgan fingerprint density at radius 2 is 1.74 bits per heavy atom. The van der Waals surface area contributed by atoms with Crippen molar-refractivity contribution in [3.8, 4) is 11.5 Å². The standard InChI is InChI=1S/C24H20BrN3O3/c25-19-6-11-23-22(12-19)18(13-26-23)14-27-28-24(29)16-31-21-9-7-20(8-10-21)30-15-17-4-2-1-3-5-17/h1-14,26H,15-16H2,(H,28,29)/b27-14+. The zero-order valence-corrected chi connectivity index (χ0v) is 18.1. The molecule has 0 spiro atoms. The third-order valence-electron chi connectivity index (χ3n) is 4.51. The van der Waals surface area contributed by atoms with Crippen molar-refractivity contribution in [3.05, 3.63) is 94.6 Å². The molecule has 0 saturated heterocycles. The highest BCUT2D eigenvalue weighted by atomic mass is 79.9. The smallest absolute Gasteiger partial charge is 0.277 e. The first-order valence-corrected chi connectivity index (χ1v) is 10.4. The van der Waals surface area contributed by atoms with E-state index < -0.39 is 0 Å². The first-order chi connectivity index (χ1) is 15.2. The van der Waals surface area contributed by atoms with Crippen LogP contribution < -0.4 is 14.9 Å². The Kier molecular flexibility index (Phi) is 6.64. The number of fused-ring (bicyclic) bond motifs is 1. The number of amides is 1. The number of benzene rings is 3. The summed E-state index contributed by atoms with van der Waals surface area (Å²) in [5.41, 5.74) is 5.45. The number of carbonyl (C=O) groups excluding carboxylic acids is 1. The van der Waals surface area contributed by atoms with Gasteiger partial charge in [-0.05, 0) is 48.0 Å². The lowest BCUT2D eigenvalue weighted by Gasteiger charge is -2.08. The van der Waals surface area contributed by atoms with E-state index in [2.05, 4.69) is 31.4 Å². The molecule has 0 atom stereocenters. The van der Waals surface area contributed by atoms with Gasteiger partial charge in [-0.2, -0.15) is 5.10 Å². The van der Waals surface area contributed by atoms with Crippen LogP contribution in [0.25, 0.3) is 10.9 Å². The van der Waals surface area contributed by atoms with Gasteiger partial charge in [0, 0.05) is 27.1 Å². The average molecular weight is 478 g/mol. The Hall–Kier alpha value is -3.58. The molecule has 31 heavy (non-hydrogen) atoms. The summed E-state index contributed by atoms with van der Waals surface area (Å²) in [5.74, 6) is 0.963. The molecular weight excluding hydrogens is 458 g/mol. The molecule has 0 unspecified atom stereocenters. The monoisotopic (exact) mass is 477 g/mol. The average Bonchev–Trinajstić information content (AvgIpc) is 3.19. The minimum absolute atomic E-state index is 0.138. The van der Waals surface area contributed by atoms with Gasteiger partial charge in [-0.3, -0.25) is 4.79 Å². The summed E-state index contributed by atoms with van der Waals surface area (Å²) in [4.78, 5) is 15.2. The summed E-state index contributed by atoms with van der Waals surface area (Å²) in [6.07, 6.45) is 3.44. The van der Waals surface area contributed by atoms with Gasteiger partial charge in [0.25, 0.3) is 5.91 Å². The summed E-state index contributed by atoms with van der Waals surface area (Å²) in [7, 11) is 0. The molecule has 2 N–H and O–H groups in total. The van der Waals surface area contributed by atoms with Gasteiger partial charge in [0.1, 0.15) is 18.1 Å². The van der Waals surface area contributed by atoms with Crippen molar-refractivity contribution in [1.82, 2.24) is 10.4 Å². The van der Waals surface area contributed by atoms with Crippen LogP contribution in [0.3, 0.4) is 0 Å². The fourth-order valence-electron chi connectivity index (χ4n) is 2.95. The third kappa shape index (κ3) is 5.73. The molecule has 4 aromatic rings. The molecule has 0 saturated carbocycles. The lowest BCUT2D eigenvalue weighted by atomic mass is 10.2. The molecule has 4 rings (SSSR count). The Morgan fingerprint density at radius 1 is 1.00 bits per heavy atom. The number of hydrogen-bond acceptors (Lipinski definition) is 4. The topological polar surface area (TPSA) is 75.7 Å². The van der Waals surface area contributed by atoms with E-state index >= 15 is 0 Å². The Bertz CT molecular complexity index is 1190. The van der Waals surface area contributed by atoms with E-state index in [4.69, 9.17) is 9.47 Å². The van der Waals surface area contributed by atoms with Crippen molar-refractivity contribution in [2.24, 2.45) is 5.10 Å². The largest absolute Gasteiger partial charge is 0.489 e. The third-order valence-corrected chi connectivity index (χ3v) is 5.00. The number of H-pyrrole nitrogens is 1. The van der Waals surface area contributed by atoms with Crippen molar-refractivity contribution in [2.45, 2.75) is 6.61 Å². The van der Waals surface area contributed by atoms with E-state index in [0.29, 0.717) is 12.4 Å². The Balaban J connectivity index is 1.24. The minimum Gasteiger partial charge on any atom is -0.489 e. The molecule has 6 nitrogen and oxygen atoms in total. The number of hydrogen-bond donors (Lipinski definition) is 2. The van der Waals surface area contributed by atoms with Crippen LogP contribution in [0.1, 0.15) is 11.1 Å². The van der Waals surface area contributed by atoms with E-state index in [1.807, 2.05) is 66.9 Å². The molecule has 156 valence electrons. The fraction of sp³-hybridized carbons (Fsp3) is 0.0833. The van der Waals surface area contributed by atoms with E-state index in [-0.39, 0.29) is 12.5 Å². The Morgan fingerprint density at radius 3 is 2.52 bits per heavy atom. The highest BCUT2D eigenvalue weighted by Crippen LogP contribution is 2.21. The molecule has 3 aromatic carbocycles. The summed E-state index contributed by atoms with van der Waals surface area (Å²) < 4.78 is 12.2. The second kappa shape index (κ2) is 9.95. The normalized spacial score (nSPS) is 11.0. The van der Waals surface area contributed by atoms with Crippen molar-refractivity contribution >= 4 is 39.0 Å². The van der Waals surface area contributed by atoms with Gasteiger partial charge in [0.2, 0.25) is 0 Å². The van der Waals surface area contributed by atoms with E-state index in [1.165, 1.54) is 0 Å². The quantitative estimate of drug-likeness (QED) is 0.275. The van der Waals surface area contributed by atoms with Crippen LogP contribution in [0.15, 0.2) is 88.6 Å². The zero-order chi connectivity index (χ0) is 21.5. The number of ether oxygens (including phenoxy) is 2. The van der Waals surface area contributed by atoms with E-state index in [1.54, 1.807) is 18.3 Å². The summed E-state index contributed by atoms with van der Waals surface area (Å²) in [6, 6.07) is 23.0. The van der Waals surface area contributed by atoms with Crippen LogP contribution in [-0.4, -0.2) is 23.7 Å². The number of halogens is 1. The van der Waals surface area contributed by atoms with Crippen LogP contribution >= 0.6 is 15.9 Å². The molecule has 7 heteroatoms. The summed E-state index contributed by atoms with van der Waals surface area (Å²) in [6.45, 7) is 0.357. The van der Waals surface area contributed by atoms with Crippen LogP contribution in [0.2, 0.25) is 0 Å².